The van der Waals surface area contributed by atoms with Gasteiger partial charge in [-0.1, -0.05) is 79.7 Å². The molecule has 0 bridgehead atoms. The molecule has 4 aliphatic rings. The number of benzene rings is 4. The van der Waals surface area contributed by atoms with Gasteiger partial charge in [-0.05, 0) is 129 Å². The standard InChI is InChI=1S/C39H35N/c1-21-14-31-33(16-23(21)3)39-37(35-20-40-19-26-10-6-7-12-28(26)35)32-15-22(2)24(4)17-34(32)38(39)36(31)30-18-25(5)27-11-8-9-13-29(27)30/h6-17,20,25,30,35H,18-19H2,1-5H3. The largest absolute Gasteiger partial charge is 0.292 e. The van der Waals surface area contributed by atoms with Crippen molar-refractivity contribution in [3.8, 4) is 0 Å². The topological polar surface area (TPSA) is 12.4 Å². The number of allylic oxidation sites excluding steroid dienone is 4. The van der Waals surface area contributed by atoms with Gasteiger partial charge in [0.2, 0.25) is 0 Å². The minimum atomic E-state index is 0.155. The predicted molar refractivity (Wildman–Crippen MR) is 169 cm³/mol. The van der Waals surface area contributed by atoms with E-state index in [9.17, 15) is 0 Å². The SMILES string of the molecule is Cc1cc2c(cc1C)C(C1C=NCc3ccccc31)=C1C2=C(C2CC(C)c3ccccc32)c2cc(C)c(C)cc21. The molecule has 3 unspecified atom stereocenters. The lowest BCUT2D eigenvalue weighted by Crippen LogP contribution is -2.11. The zero-order valence-electron chi connectivity index (χ0n) is 24.1. The molecule has 196 valence electrons. The van der Waals surface area contributed by atoms with Gasteiger partial charge >= 0.3 is 0 Å². The molecule has 1 aliphatic heterocycles. The number of rotatable bonds is 2. The lowest BCUT2D eigenvalue weighted by Gasteiger charge is -2.24. The number of aryl methyl sites for hydroxylation is 4. The summed E-state index contributed by atoms with van der Waals surface area (Å²) in [6, 6.07) is 28.1. The first kappa shape index (κ1) is 23.9. The highest BCUT2D eigenvalue weighted by atomic mass is 14.7. The van der Waals surface area contributed by atoms with E-state index in [-0.39, 0.29) is 5.92 Å². The molecule has 0 N–H and O–H groups in total. The van der Waals surface area contributed by atoms with Gasteiger partial charge in [-0.15, -0.1) is 0 Å². The summed E-state index contributed by atoms with van der Waals surface area (Å²) in [6.07, 6.45) is 3.40. The van der Waals surface area contributed by atoms with E-state index in [0.29, 0.717) is 11.8 Å². The maximum Gasteiger partial charge on any atom is 0.0639 e. The highest BCUT2D eigenvalue weighted by Gasteiger charge is 2.44. The third kappa shape index (κ3) is 3.18. The van der Waals surface area contributed by atoms with Gasteiger partial charge < -0.3 is 0 Å². The second kappa shape index (κ2) is 8.51. The predicted octanol–water partition coefficient (Wildman–Crippen LogP) is 9.73. The van der Waals surface area contributed by atoms with Crippen LogP contribution in [0.1, 0.15) is 97.9 Å². The van der Waals surface area contributed by atoms with Gasteiger partial charge in [-0.3, -0.25) is 4.99 Å². The van der Waals surface area contributed by atoms with Crippen molar-refractivity contribution in [3.63, 3.8) is 0 Å². The second-order valence-corrected chi connectivity index (χ2v) is 12.5. The van der Waals surface area contributed by atoms with Crippen molar-refractivity contribution in [2.24, 2.45) is 4.99 Å². The summed E-state index contributed by atoms with van der Waals surface area (Å²) in [5.41, 5.74) is 22.9. The monoisotopic (exact) mass is 517 g/mol. The van der Waals surface area contributed by atoms with Crippen molar-refractivity contribution in [3.05, 3.63) is 140 Å². The molecule has 3 atom stereocenters. The van der Waals surface area contributed by atoms with Gasteiger partial charge in [0.15, 0.2) is 0 Å². The summed E-state index contributed by atoms with van der Waals surface area (Å²) in [7, 11) is 0. The Balaban J connectivity index is 1.50. The Bertz CT molecular complexity index is 1860. The van der Waals surface area contributed by atoms with Crippen molar-refractivity contribution in [1.82, 2.24) is 0 Å². The third-order valence-electron chi connectivity index (χ3n) is 10.2. The van der Waals surface area contributed by atoms with Crippen LogP contribution in [0, 0.1) is 27.7 Å². The molecule has 4 aromatic rings. The van der Waals surface area contributed by atoms with E-state index in [4.69, 9.17) is 4.99 Å². The van der Waals surface area contributed by atoms with Crippen LogP contribution in [0.3, 0.4) is 0 Å². The fourth-order valence-corrected chi connectivity index (χ4v) is 7.98. The van der Waals surface area contributed by atoms with Crippen LogP contribution in [-0.2, 0) is 6.54 Å². The van der Waals surface area contributed by atoms with Crippen LogP contribution in [-0.4, -0.2) is 6.21 Å². The maximum atomic E-state index is 4.92. The molecular formula is C39H35N. The van der Waals surface area contributed by atoms with Gasteiger partial charge in [-0.25, -0.2) is 0 Å². The quantitative estimate of drug-likeness (QED) is 0.251. The highest BCUT2D eigenvalue weighted by Crippen LogP contribution is 2.63. The summed E-state index contributed by atoms with van der Waals surface area (Å²) < 4.78 is 0. The average Bonchev–Trinajstić information content (AvgIpc) is 3.56. The molecule has 8 rings (SSSR count). The number of fused-ring (bicyclic) bond motifs is 7. The molecule has 0 spiro atoms. The third-order valence-corrected chi connectivity index (χ3v) is 10.2. The van der Waals surface area contributed by atoms with Gasteiger partial charge in [0, 0.05) is 18.1 Å². The van der Waals surface area contributed by atoms with Gasteiger partial charge in [0.05, 0.1) is 6.54 Å². The van der Waals surface area contributed by atoms with Crippen LogP contribution in [0.25, 0.3) is 22.3 Å². The van der Waals surface area contributed by atoms with Gasteiger partial charge in [0.25, 0.3) is 0 Å². The van der Waals surface area contributed by atoms with Crippen molar-refractivity contribution >= 4 is 28.5 Å². The smallest absolute Gasteiger partial charge is 0.0639 e. The Morgan fingerprint density at radius 2 is 1.12 bits per heavy atom. The molecule has 40 heavy (non-hydrogen) atoms. The molecule has 0 aromatic heterocycles. The second-order valence-electron chi connectivity index (χ2n) is 12.5. The Morgan fingerprint density at radius 1 is 0.600 bits per heavy atom. The van der Waals surface area contributed by atoms with E-state index in [1.54, 1.807) is 5.57 Å². The number of hydrogen-bond donors (Lipinski definition) is 0. The van der Waals surface area contributed by atoms with E-state index in [2.05, 4.69) is 114 Å². The zero-order chi connectivity index (χ0) is 27.3. The van der Waals surface area contributed by atoms with E-state index in [1.807, 2.05) is 0 Å². The van der Waals surface area contributed by atoms with Crippen LogP contribution in [0.5, 0.6) is 0 Å². The lowest BCUT2D eigenvalue weighted by molar-refractivity contribution is 0.709. The van der Waals surface area contributed by atoms with E-state index in [0.717, 1.165) is 6.54 Å². The van der Waals surface area contributed by atoms with Crippen molar-refractivity contribution in [1.29, 1.82) is 0 Å². The van der Waals surface area contributed by atoms with E-state index < -0.39 is 0 Å². The van der Waals surface area contributed by atoms with Crippen LogP contribution >= 0.6 is 0 Å². The van der Waals surface area contributed by atoms with Crippen molar-refractivity contribution in [2.75, 3.05) is 0 Å². The number of nitrogens with zero attached hydrogens (tertiary/aromatic N) is 1. The summed E-state index contributed by atoms with van der Waals surface area (Å²) in [5.74, 6) is 1.12. The molecule has 0 saturated heterocycles. The Kier molecular flexibility index (Phi) is 5.08. The minimum absolute atomic E-state index is 0.155. The summed E-state index contributed by atoms with van der Waals surface area (Å²) in [4.78, 5) is 4.92. The maximum absolute atomic E-state index is 4.92. The molecule has 0 amide bonds. The minimum Gasteiger partial charge on any atom is -0.292 e. The molecule has 0 saturated carbocycles. The molecule has 1 heterocycles. The van der Waals surface area contributed by atoms with Crippen LogP contribution in [0.4, 0.5) is 0 Å². The van der Waals surface area contributed by atoms with Crippen molar-refractivity contribution in [2.45, 2.75) is 65.3 Å². The van der Waals surface area contributed by atoms with E-state index >= 15 is 0 Å². The van der Waals surface area contributed by atoms with Crippen LogP contribution in [0.15, 0.2) is 77.8 Å². The van der Waals surface area contributed by atoms with E-state index in [1.165, 1.54) is 89.9 Å². The Morgan fingerprint density at radius 3 is 1.80 bits per heavy atom. The Hall–Kier alpha value is -3.97. The lowest BCUT2D eigenvalue weighted by atomic mass is 9.81. The molecule has 4 aromatic carbocycles. The molecule has 1 heteroatoms. The fraction of sp³-hybridized carbons (Fsp3) is 0.256. The first-order chi connectivity index (χ1) is 19.4. The highest BCUT2D eigenvalue weighted by molar-refractivity contribution is 6.34. The summed E-state index contributed by atoms with van der Waals surface area (Å²) in [6.45, 7) is 12.3. The first-order valence-corrected chi connectivity index (χ1v) is 14.8. The average molecular weight is 518 g/mol. The molecule has 0 fully saturated rings. The number of hydrogen-bond acceptors (Lipinski definition) is 1. The fourth-order valence-electron chi connectivity index (χ4n) is 7.98. The van der Waals surface area contributed by atoms with Gasteiger partial charge in [-0.2, -0.15) is 0 Å². The normalized spacial score (nSPS) is 21.9. The Labute approximate surface area is 238 Å². The van der Waals surface area contributed by atoms with Crippen molar-refractivity contribution < 1.29 is 0 Å². The van der Waals surface area contributed by atoms with Crippen LogP contribution < -0.4 is 0 Å². The number of aliphatic imine (C=N–C) groups is 1. The molecule has 3 aliphatic carbocycles. The summed E-state index contributed by atoms with van der Waals surface area (Å²) >= 11 is 0. The first-order valence-electron chi connectivity index (χ1n) is 14.8. The molecule has 0 radical (unpaired) electrons. The summed E-state index contributed by atoms with van der Waals surface area (Å²) in [5, 5.41) is 0. The van der Waals surface area contributed by atoms with Crippen LogP contribution in [0.2, 0.25) is 0 Å². The zero-order valence-corrected chi connectivity index (χ0v) is 24.1. The van der Waals surface area contributed by atoms with Gasteiger partial charge in [0.1, 0.15) is 0 Å². The molecule has 1 nitrogen and oxygen atoms in total. The molecular weight excluding hydrogens is 482 g/mol.